The number of carbonyl (C=O) groups is 2. The molecular weight excluding hydrogens is 248 g/mol. The molecule has 0 spiro atoms. The van der Waals surface area contributed by atoms with E-state index in [1.54, 1.807) is 0 Å². The van der Waals surface area contributed by atoms with E-state index in [1.165, 1.54) is 18.3 Å². The summed E-state index contributed by atoms with van der Waals surface area (Å²) in [5.74, 6) is -1.85. The molecule has 1 aromatic rings. The predicted octanol–water partition coefficient (Wildman–Crippen LogP) is 0.300. The fourth-order valence-corrected chi connectivity index (χ4v) is 1.38. The summed E-state index contributed by atoms with van der Waals surface area (Å²) in [5, 5.41) is 19.7. The first-order valence-corrected chi connectivity index (χ1v) is 5.19. The summed E-state index contributed by atoms with van der Waals surface area (Å²) in [6.07, 6.45) is 1.35. The standard InChI is InChI=1S/C10H11ClN2O4/c11-8-6(2-1-4-12-8)9(15)13-7(3-5-14)10(16)17/h1-2,4,7,14H,3,5H2,(H,13,15)(H,16,17)/t7-/m0/s1. The van der Waals surface area contributed by atoms with Gasteiger partial charge >= 0.3 is 5.97 Å². The number of carboxylic acids is 1. The van der Waals surface area contributed by atoms with Crippen LogP contribution in [-0.2, 0) is 4.79 Å². The van der Waals surface area contributed by atoms with Crippen LogP contribution in [0.2, 0.25) is 5.15 Å². The average Bonchev–Trinajstić information content (AvgIpc) is 2.28. The Morgan fingerprint density at radius 2 is 2.24 bits per heavy atom. The highest BCUT2D eigenvalue weighted by Gasteiger charge is 2.21. The van der Waals surface area contributed by atoms with Crippen molar-refractivity contribution in [2.75, 3.05) is 6.61 Å². The van der Waals surface area contributed by atoms with Gasteiger partial charge in [-0.3, -0.25) is 4.79 Å². The van der Waals surface area contributed by atoms with E-state index in [1.807, 2.05) is 0 Å². The Balaban J connectivity index is 2.77. The number of amides is 1. The molecule has 0 aromatic carbocycles. The number of pyridine rings is 1. The number of aromatic nitrogens is 1. The van der Waals surface area contributed by atoms with Gasteiger partial charge in [0.1, 0.15) is 11.2 Å². The predicted molar refractivity (Wildman–Crippen MR) is 59.8 cm³/mol. The lowest BCUT2D eigenvalue weighted by Crippen LogP contribution is -2.41. The van der Waals surface area contributed by atoms with E-state index >= 15 is 0 Å². The fraction of sp³-hybridized carbons (Fsp3) is 0.300. The van der Waals surface area contributed by atoms with Gasteiger partial charge in [-0.1, -0.05) is 11.6 Å². The Hall–Kier alpha value is -1.66. The number of hydrogen-bond donors (Lipinski definition) is 3. The molecule has 0 aliphatic rings. The van der Waals surface area contributed by atoms with Crippen molar-refractivity contribution in [3.63, 3.8) is 0 Å². The van der Waals surface area contributed by atoms with Crippen LogP contribution in [0.15, 0.2) is 18.3 Å². The first-order valence-electron chi connectivity index (χ1n) is 4.81. The van der Waals surface area contributed by atoms with Gasteiger partial charge in [-0.05, 0) is 12.1 Å². The molecule has 0 aliphatic heterocycles. The highest BCUT2D eigenvalue weighted by atomic mass is 35.5. The summed E-state index contributed by atoms with van der Waals surface area (Å²) in [4.78, 5) is 26.1. The lowest BCUT2D eigenvalue weighted by atomic mass is 10.2. The molecule has 1 amide bonds. The largest absolute Gasteiger partial charge is 0.480 e. The molecule has 92 valence electrons. The molecule has 3 N–H and O–H groups in total. The first-order chi connectivity index (χ1) is 8.06. The van der Waals surface area contributed by atoms with Crippen LogP contribution in [-0.4, -0.2) is 39.7 Å². The van der Waals surface area contributed by atoms with E-state index in [2.05, 4.69) is 10.3 Å². The molecule has 0 fully saturated rings. The molecule has 6 nitrogen and oxygen atoms in total. The third kappa shape index (κ3) is 3.69. The molecule has 0 radical (unpaired) electrons. The number of aliphatic hydroxyl groups is 1. The second kappa shape index (κ2) is 6.17. The highest BCUT2D eigenvalue weighted by Crippen LogP contribution is 2.11. The van der Waals surface area contributed by atoms with Crippen LogP contribution in [0.4, 0.5) is 0 Å². The van der Waals surface area contributed by atoms with Gasteiger partial charge in [0.25, 0.3) is 5.91 Å². The Kier molecular flexibility index (Phi) is 4.86. The highest BCUT2D eigenvalue weighted by molar-refractivity contribution is 6.32. The van der Waals surface area contributed by atoms with Crippen molar-refractivity contribution >= 4 is 23.5 Å². The van der Waals surface area contributed by atoms with Gasteiger partial charge in [-0.25, -0.2) is 9.78 Å². The number of hydrogen-bond acceptors (Lipinski definition) is 4. The van der Waals surface area contributed by atoms with Crippen molar-refractivity contribution in [1.29, 1.82) is 0 Å². The molecule has 1 atom stereocenters. The second-order valence-corrected chi connectivity index (χ2v) is 3.58. The molecule has 0 unspecified atom stereocenters. The maximum absolute atomic E-state index is 11.7. The number of rotatable bonds is 5. The molecule has 1 heterocycles. The molecule has 0 bridgehead atoms. The average molecular weight is 259 g/mol. The van der Waals surface area contributed by atoms with Crippen LogP contribution in [0.3, 0.4) is 0 Å². The molecule has 1 aromatic heterocycles. The van der Waals surface area contributed by atoms with Crippen LogP contribution in [0.1, 0.15) is 16.8 Å². The summed E-state index contributed by atoms with van der Waals surface area (Å²) in [7, 11) is 0. The van der Waals surface area contributed by atoms with Crippen molar-refractivity contribution in [1.82, 2.24) is 10.3 Å². The molecular formula is C10H11ClN2O4. The molecule has 0 saturated carbocycles. The van der Waals surface area contributed by atoms with E-state index in [-0.39, 0.29) is 23.7 Å². The van der Waals surface area contributed by atoms with Gasteiger partial charge in [0.2, 0.25) is 0 Å². The first kappa shape index (κ1) is 13.4. The molecule has 7 heteroatoms. The van der Waals surface area contributed by atoms with Crippen LogP contribution in [0.5, 0.6) is 0 Å². The molecule has 17 heavy (non-hydrogen) atoms. The molecule has 1 rings (SSSR count). The van der Waals surface area contributed by atoms with Gasteiger partial charge < -0.3 is 15.5 Å². The number of aliphatic hydroxyl groups excluding tert-OH is 1. The SMILES string of the molecule is O=C(N[C@@H](CCO)C(=O)O)c1cccnc1Cl. The van der Waals surface area contributed by atoms with Crippen molar-refractivity contribution in [2.45, 2.75) is 12.5 Å². The van der Waals surface area contributed by atoms with Crippen LogP contribution in [0.25, 0.3) is 0 Å². The fourth-order valence-electron chi connectivity index (χ4n) is 1.18. The Morgan fingerprint density at radius 1 is 1.53 bits per heavy atom. The van der Waals surface area contributed by atoms with Crippen LogP contribution >= 0.6 is 11.6 Å². The number of nitrogens with zero attached hydrogens (tertiary/aromatic N) is 1. The van der Waals surface area contributed by atoms with Gasteiger partial charge in [-0.15, -0.1) is 0 Å². The molecule has 0 aliphatic carbocycles. The normalized spacial score (nSPS) is 11.9. The van der Waals surface area contributed by atoms with E-state index < -0.39 is 17.9 Å². The number of carboxylic acid groups (broad SMARTS) is 1. The smallest absolute Gasteiger partial charge is 0.326 e. The molecule has 0 saturated heterocycles. The van der Waals surface area contributed by atoms with Gasteiger partial charge in [-0.2, -0.15) is 0 Å². The minimum Gasteiger partial charge on any atom is -0.480 e. The Morgan fingerprint density at radius 3 is 2.76 bits per heavy atom. The minimum atomic E-state index is -1.22. The third-order valence-corrected chi connectivity index (χ3v) is 2.33. The topological polar surface area (TPSA) is 99.5 Å². The lowest BCUT2D eigenvalue weighted by molar-refractivity contribution is -0.139. The van der Waals surface area contributed by atoms with Crippen molar-refractivity contribution in [3.8, 4) is 0 Å². The maximum atomic E-state index is 11.7. The number of nitrogens with one attached hydrogen (secondary N) is 1. The van der Waals surface area contributed by atoms with Gasteiger partial charge in [0.05, 0.1) is 5.56 Å². The summed E-state index contributed by atoms with van der Waals surface area (Å²) in [5.41, 5.74) is 0.0957. The van der Waals surface area contributed by atoms with Gasteiger partial charge in [0, 0.05) is 19.2 Å². The summed E-state index contributed by atoms with van der Waals surface area (Å²) < 4.78 is 0. The van der Waals surface area contributed by atoms with Crippen LogP contribution in [0, 0.1) is 0 Å². The number of aliphatic carboxylic acids is 1. The van der Waals surface area contributed by atoms with E-state index in [0.29, 0.717) is 0 Å². The zero-order valence-electron chi connectivity index (χ0n) is 8.76. The zero-order valence-corrected chi connectivity index (χ0v) is 9.52. The third-order valence-electron chi connectivity index (χ3n) is 2.02. The number of halogens is 1. The minimum absolute atomic E-state index is 0.00172. The van der Waals surface area contributed by atoms with Gasteiger partial charge in [0.15, 0.2) is 0 Å². The van der Waals surface area contributed by atoms with Crippen molar-refractivity contribution < 1.29 is 19.8 Å². The number of carbonyl (C=O) groups excluding carboxylic acids is 1. The maximum Gasteiger partial charge on any atom is 0.326 e. The zero-order chi connectivity index (χ0) is 12.8. The summed E-state index contributed by atoms with van der Waals surface area (Å²) >= 11 is 5.69. The van der Waals surface area contributed by atoms with E-state index in [0.717, 1.165) is 0 Å². The van der Waals surface area contributed by atoms with Crippen molar-refractivity contribution in [2.24, 2.45) is 0 Å². The monoisotopic (exact) mass is 258 g/mol. The van der Waals surface area contributed by atoms with Crippen LogP contribution < -0.4 is 5.32 Å². The van der Waals surface area contributed by atoms with E-state index in [4.69, 9.17) is 21.8 Å². The summed E-state index contributed by atoms with van der Waals surface area (Å²) in [6, 6.07) is 1.80. The Bertz CT molecular complexity index is 425. The van der Waals surface area contributed by atoms with E-state index in [9.17, 15) is 9.59 Å². The van der Waals surface area contributed by atoms with Crippen molar-refractivity contribution in [3.05, 3.63) is 29.0 Å². The quantitative estimate of drug-likeness (QED) is 0.660. The lowest BCUT2D eigenvalue weighted by Gasteiger charge is -2.13. The second-order valence-electron chi connectivity index (χ2n) is 3.22. The Labute approximate surface area is 102 Å². The summed E-state index contributed by atoms with van der Waals surface area (Å²) in [6.45, 7) is -0.335.